The highest BCUT2D eigenvalue weighted by atomic mass is 35.5. The normalized spacial score (nSPS) is 15.3. The molecule has 103 heavy (non-hydrogen) atoms. The zero-order valence-corrected chi connectivity index (χ0v) is 58.4. The number of nitrogens with two attached hydrogens (primary N) is 5. The van der Waals surface area contributed by atoms with Crippen molar-refractivity contribution in [1.29, 1.82) is 0 Å². The number of fused-ring (bicyclic) bond motifs is 2. The van der Waals surface area contributed by atoms with E-state index in [2.05, 4.69) is 57.8 Å². The number of likely N-dealkylation sites (tertiary alicyclic amines) is 1. The second-order valence-electron chi connectivity index (χ2n) is 25.7. The number of para-hydroxylation sites is 1. The van der Waals surface area contributed by atoms with Gasteiger partial charge in [-0.1, -0.05) is 98.2 Å². The Hall–Kier alpha value is -10.7. The molecule has 556 valence electrons. The Labute approximate surface area is 599 Å². The Morgan fingerprint density at radius 3 is 1.72 bits per heavy atom. The minimum absolute atomic E-state index is 0.00187. The van der Waals surface area contributed by atoms with Crippen LogP contribution in [0.4, 0.5) is 0 Å². The number of hydrogen-bond acceptors (Lipinski definition) is 16. The first-order chi connectivity index (χ1) is 49.0. The molecule has 0 saturated carbocycles. The lowest BCUT2D eigenvalue weighted by Crippen LogP contribution is -2.61. The van der Waals surface area contributed by atoms with E-state index >= 15 is 0 Å². The number of H-pyrrole nitrogens is 1. The minimum Gasteiger partial charge on any atom is -0.481 e. The summed E-state index contributed by atoms with van der Waals surface area (Å²) in [6, 6.07) is 11.5. The van der Waals surface area contributed by atoms with Crippen LogP contribution in [-0.2, 0) is 81.6 Å². The third-order valence-electron chi connectivity index (χ3n) is 17.2. The van der Waals surface area contributed by atoms with Gasteiger partial charge in [0.05, 0.1) is 6.42 Å². The quantitative estimate of drug-likeness (QED) is 0.0132. The molecule has 10 atom stereocenters. The zero-order chi connectivity index (χ0) is 75.4. The maximum absolute atomic E-state index is 15.0. The number of unbranched alkanes of at least 4 members (excludes halogenated alkanes) is 1. The van der Waals surface area contributed by atoms with Crippen LogP contribution in [0.1, 0.15) is 108 Å². The molecule has 1 aliphatic heterocycles. The van der Waals surface area contributed by atoms with Gasteiger partial charge < -0.3 is 96.6 Å². The van der Waals surface area contributed by atoms with Gasteiger partial charge in [-0.25, -0.2) is 0 Å². The van der Waals surface area contributed by atoms with Crippen LogP contribution in [0.5, 0.6) is 0 Å². The lowest BCUT2D eigenvalue weighted by Gasteiger charge is -2.31. The van der Waals surface area contributed by atoms with Crippen LogP contribution in [0.2, 0.25) is 5.02 Å². The van der Waals surface area contributed by atoms with Crippen molar-refractivity contribution in [2.45, 2.75) is 171 Å². The summed E-state index contributed by atoms with van der Waals surface area (Å²) in [5.41, 5.74) is 30.3. The molecule has 0 bridgehead atoms. The van der Waals surface area contributed by atoms with Gasteiger partial charge in [-0.15, -0.1) is 0 Å². The summed E-state index contributed by atoms with van der Waals surface area (Å²) in [5, 5.41) is 46.2. The molecule has 1 saturated heterocycles. The molecular weight excluding hydrogens is 1350 g/mol. The molecule has 33 heteroatoms. The summed E-state index contributed by atoms with van der Waals surface area (Å²) < 4.78 is 0. The van der Waals surface area contributed by atoms with E-state index in [9.17, 15) is 72.5 Å². The smallest absolute Gasteiger partial charge is 0.305 e. The van der Waals surface area contributed by atoms with E-state index in [4.69, 9.17) is 40.3 Å². The maximum Gasteiger partial charge on any atom is 0.305 e. The average Bonchev–Trinajstić information content (AvgIpc) is 1.76. The molecule has 0 unspecified atom stereocenters. The van der Waals surface area contributed by atoms with Crippen LogP contribution >= 0.6 is 11.6 Å². The van der Waals surface area contributed by atoms with Crippen molar-refractivity contribution in [3.63, 3.8) is 0 Å². The number of carboxylic acids is 2. The Balaban J connectivity index is 1.27. The first kappa shape index (κ1) is 81.2. The summed E-state index contributed by atoms with van der Waals surface area (Å²) in [5.74, 6) is -13.6. The Kier molecular flexibility index (Phi) is 31.6. The van der Waals surface area contributed by atoms with Gasteiger partial charge in [0.25, 0.3) is 0 Å². The number of rotatable bonds is 41. The zero-order valence-electron chi connectivity index (χ0n) is 57.7. The van der Waals surface area contributed by atoms with Crippen LogP contribution < -0.4 is 76.5 Å². The van der Waals surface area contributed by atoms with Gasteiger partial charge in [0.2, 0.25) is 65.0 Å². The first-order valence-electron chi connectivity index (χ1n) is 34.0. The number of amides is 11. The summed E-state index contributed by atoms with van der Waals surface area (Å²) in [4.78, 5) is 188. The van der Waals surface area contributed by atoms with Crippen molar-refractivity contribution in [2.75, 3.05) is 26.2 Å². The van der Waals surface area contributed by atoms with E-state index in [0.29, 0.717) is 51.9 Å². The van der Waals surface area contributed by atoms with Gasteiger partial charge in [-0.3, -0.25) is 67.3 Å². The van der Waals surface area contributed by atoms with E-state index in [1.165, 1.54) is 11.8 Å². The molecule has 5 aromatic rings. The van der Waals surface area contributed by atoms with Crippen molar-refractivity contribution in [3.8, 4) is 0 Å². The number of aromatic nitrogens is 1. The van der Waals surface area contributed by atoms with Crippen LogP contribution in [0.25, 0.3) is 21.7 Å². The molecule has 32 nitrogen and oxygen atoms in total. The van der Waals surface area contributed by atoms with Crippen LogP contribution in [0.15, 0.2) is 102 Å². The minimum atomic E-state index is -2.07. The van der Waals surface area contributed by atoms with E-state index in [1.54, 1.807) is 74.6 Å². The van der Waals surface area contributed by atoms with Gasteiger partial charge in [-0.05, 0) is 116 Å². The Morgan fingerprint density at radius 2 is 1.11 bits per heavy atom. The number of nitrogens with zero attached hydrogens (tertiary/aromatic N) is 2. The van der Waals surface area contributed by atoms with Gasteiger partial charge in [0, 0.05) is 74.4 Å². The highest BCUT2D eigenvalue weighted by Gasteiger charge is 2.41. The van der Waals surface area contributed by atoms with Crippen LogP contribution in [0, 0.1) is 5.92 Å². The fourth-order valence-corrected chi connectivity index (χ4v) is 12.0. The number of nitrogens with one attached hydrogen (secondary N) is 10. The maximum atomic E-state index is 15.0. The Bertz CT molecular complexity index is 3870. The van der Waals surface area contributed by atoms with Crippen molar-refractivity contribution in [3.05, 3.63) is 119 Å². The highest BCUT2D eigenvalue weighted by Crippen LogP contribution is 2.24. The van der Waals surface area contributed by atoms with Crippen molar-refractivity contribution in [1.82, 2.24) is 57.7 Å². The van der Waals surface area contributed by atoms with E-state index < -0.39 is 157 Å². The molecule has 4 aromatic carbocycles. The topological polar surface area (TPSA) is 532 Å². The number of guanidine groups is 1. The monoisotopic (exact) mass is 1450 g/mol. The molecule has 0 aliphatic carbocycles. The summed E-state index contributed by atoms with van der Waals surface area (Å²) in [7, 11) is 0. The van der Waals surface area contributed by atoms with Crippen LogP contribution in [-0.4, -0.2) is 190 Å². The fraction of sp³-hybridized carbons (Fsp3) is 0.457. The van der Waals surface area contributed by atoms with Crippen molar-refractivity contribution < 1.29 is 72.5 Å². The van der Waals surface area contributed by atoms with Crippen molar-refractivity contribution >= 4 is 116 Å². The fourth-order valence-electron chi connectivity index (χ4n) is 11.9. The molecule has 1 fully saturated rings. The average molecular weight is 1450 g/mol. The number of aliphatic imine (C=N–C) groups is 1. The molecule has 0 radical (unpaired) electrons. The van der Waals surface area contributed by atoms with Crippen molar-refractivity contribution in [2.24, 2.45) is 39.6 Å². The largest absolute Gasteiger partial charge is 0.481 e. The summed E-state index contributed by atoms with van der Waals surface area (Å²) in [6.07, 6.45) is -0.393. The van der Waals surface area contributed by atoms with Crippen LogP contribution in [0.3, 0.4) is 0 Å². The lowest BCUT2D eigenvalue weighted by atomic mass is 9.99. The number of benzene rings is 4. The molecule has 11 amide bonds. The molecule has 0 spiro atoms. The number of primary amides is 1. The first-order valence-corrected chi connectivity index (χ1v) is 34.4. The second kappa shape index (κ2) is 40.1. The standard InChI is InChI=1S/C70H94ClN17O15/c1-38(2)30-51(63(97)82-50(16-8-9-27-72)69(103)88-29-11-18-57(88)68(102)87-56(36-73)60(74)94)83-61(95)48(17-10-28-77-70(75)76)80-62(96)49(25-26-58(90)91)81-67(101)55(35-59(92)93)86-66(100)54(34-44-37-78-47-15-7-6-14-46(44)47)85-65(99)53(32-40-20-23-45(71)24-21-40)84-64(98)52(79-39(3)89)33-41-19-22-42-12-4-5-13-43(42)31-41/h4-7,12-15,19-24,31,37-38,48-57,78H,8-11,16-18,25-30,32-36,72-73H2,1-3H3,(H2,74,94)(H,79,89)(H,80,96)(H,81,101)(H,82,97)(H,83,95)(H,84,98)(H,85,99)(H,86,100)(H,87,102)(H,90,91)(H,92,93)(H4,75,76,77)/t48-,49+,50+,51+,52-,53-,54-,55+,56+,57+/m1/s1. The number of carbonyl (C=O) groups is 13. The molecule has 1 aliphatic rings. The Morgan fingerprint density at radius 1 is 0.573 bits per heavy atom. The molecule has 22 N–H and O–H groups in total. The van der Waals surface area contributed by atoms with Gasteiger partial charge >= 0.3 is 11.9 Å². The molecule has 1 aromatic heterocycles. The van der Waals surface area contributed by atoms with Gasteiger partial charge in [0.1, 0.15) is 60.4 Å². The van der Waals surface area contributed by atoms with E-state index in [-0.39, 0.29) is 89.4 Å². The van der Waals surface area contributed by atoms with Gasteiger partial charge in [-0.2, -0.15) is 0 Å². The van der Waals surface area contributed by atoms with Gasteiger partial charge in [0.15, 0.2) is 5.96 Å². The van der Waals surface area contributed by atoms with E-state index in [1.807, 2.05) is 36.4 Å². The predicted octanol–water partition coefficient (Wildman–Crippen LogP) is -0.611. The number of halogens is 1. The van der Waals surface area contributed by atoms with E-state index in [0.717, 1.165) is 10.8 Å². The lowest BCUT2D eigenvalue weighted by molar-refractivity contribution is -0.142. The second-order valence-corrected chi connectivity index (χ2v) is 26.2. The summed E-state index contributed by atoms with van der Waals surface area (Å²) >= 11 is 6.24. The number of aliphatic carboxylic acids is 2. The summed E-state index contributed by atoms with van der Waals surface area (Å²) in [6.45, 7) is 4.69. The number of carboxylic acid groups (broad SMARTS) is 2. The number of carbonyl (C=O) groups excluding carboxylic acids is 11. The third kappa shape index (κ3) is 25.7. The predicted molar refractivity (Wildman–Crippen MR) is 382 cm³/mol. The molecule has 2 heterocycles. The number of aromatic amines is 1. The molecular formula is C70H94ClN17O15. The highest BCUT2D eigenvalue weighted by molar-refractivity contribution is 6.30. The third-order valence-corrected chi connectivity index (χ3v) is 17.4. The molecule has 6 rings (SSSR count). The number of hydrogen-bond donors (Lipinski definition) is 17. The SMILES string of the molecule is CC(=O)N[C@H](Cc1ccc2ccccc2c1)C(=O)N[C@H](Cc1ccc(Cl)cc1)C(=O)N[C@H](Cc1c[nH]c2ccccc12)C(=O)N[C@@H](CC(=O)O)C(=O)N[C@@H](CCC(=O)O)C(=O)N[C@H](CCCN=C(N)N)C(=O)N[C@@H](CC(C)C)C(=O)N[C@@H](CCCCN)C(=O)N1CCC[C@H]1C(=O)N[C@@H](CN)C(N)=O.